The van der Waals surface area contributed by atoms with Crippen molar-refractivity contribution in [1.82, 2.24) is 9.97 Å². The lowest BCUT2D eigenvalue weighted by Crippen LogP contribution is -2.01. The first-order valence-corrected chi connectivity index (χ1v) is 5.77. The highest BCUT2D eigenvalue weighted by molar-refractivity contribution is 5.85. The van der Waals surface area contributed by atoms with E-state index in [0.29, 0.717) is 0 Å². The van der Waals surface area contributed by atoms with Gasteiger partial charge in [0.05, 0.1) is 0 Å². The van der Waals surface area contributed by atoms with Crippen LogP contribution in [0, 0.1) is 0 Å². The predicted octanol–water partition coefficient (Wildman–Crippen LogP) is 2.71. The highest BCUT2D eigenvalue weighted by Crippen LogP contribution is 2.27. The van der Waals surface area contributed by atoms with E-state index in [1.165, 1.54) is 0 Å². The van der Waals surface area contributed by atoms with Crippen molar-refractivity contribution < 1.29 is 5.11 Å². The molecule has 1 N–H and O–H groups in total. The molecule has 3 nitrogen and oxygen atoms in total. The Kier molecular flexibility index (Phi) is 2.74. The summed E-state index contributed by atoms with van der Waals surface area (Å²) in [5, 5.41) is 12.5. The Labute approximate surface area is 105 Å². The largest absolute Gasteiger partial charge is 0.384 e. The van der Waals surface area contributed by atoms with Gasteiger partial charge in [0.25, 0.3) is 0 Å². The SMILES string of the molecule is OC(c1ccncc1)c1cncc2ccccc12. The summed E-state index contributed by atoms with van der Waals surface area (Å²) in [5.74, 6) is 0. The van der Waals surface area contributed by atoms with Gasteiger partial charge in [-0.2, -0.15) is 0 Å². The number of aromatic nitrogens is 2. The lowest BCUT2D eigenvalue weighted by atomic mass is 9.99. The number of hydrogen-bond donors (Lipinski definition) is 1. The van der Waals surface area contributed by atoms with Crippen LogP contribution in [-0.2, 0) is 0 Å². The van der Waals surface area contributed by atoms with Crippen LogP contribution in [0.3, 0.4) is 0 Å². The molecule has 3 aromatic rings. The van der Waals surface area contributed by atoms with Crippen LogP contribution in [0.5, 0.6) is 0 Å². The van der Waals surface area contributed by atoms with Crippen LogP contribution in [0.4, 0.5) is 0 Å². The van der Waals surface area contributed by atoms with Gasteiger partial charge in [0.1, 0.15) is 6.10 Å². The van der Waals surface area contributed by atoms with E-state index in [0.717, 1.165) is 21.9 Å². The van der Waals surface area contributed by atoms with Crippen molar-refractivity contribution in [3.63, 3.8) is 0 Å². The molecule has 2 aromatic heterocycles. The molecule has 3 heteroatoms. The fourth-order valence-corrected chi connectivity index (χ4v) is 2.08. The summed E-state index contributed by atoms with van der Waals surface area (Å²) in [4.78, 5) is 8.14. The third-order valence-electron chi connectivity index (χ3n) is 3.02. The molecule has 0 aliphatic rings. The molecule has 1 atom stereocenters. The number of hydrogen-bond acceptors (Lipinski definition) is 3. The van der Waals surface area contributed by atoms with Crippen LogP contribution < -0.4 is 0 Å². The minimum atomic E-state index is -0.674. The number of rotatable bonds is 2. The summed E-state index contributed by atoms with van der Waals surface area (Å²) < 4.78 is 0. The van der Waals surface area contributed by atoms with Gasteiger partial charge in [0, 0.05) is 35.7 Å². The monoisotopic (exact) mass is 236 g/mol. The first kappa shape index (κ1) is 10.9. The Bertz CT molecular complexity index is 662. The zero-order chi connectivity index (χ0) is 12.4. The number of nitrogens with zero attached hydrogens (tertiary/aromatic N) is 2. The molecule has 0 aliphatic heterocycles. The molecule has 0 saturated heterocycles. The molecule has 1 aromatic carbocycles. The molecule has 0 radical (unpaired) electrons. The first-order chi connectivity index (χ1) is 8.86. The van der Waals surface area contributed by atoms with Gasteiger partial charge in [0.2, 0.25) is 0 Å². The minimum absolute atomic E-state index is 0.674. The van der Waals surface area contributed by atoms with Gasteiger partial charge in [-0.15, -0.1) is 0 Å². The molecule has 0 amide bonds. The van der Waals surface area contributed by atoms with Crippen LogP contribution in [0.15, 0.2) is 61.2 Å². The van der Waals surface area contributed by atoms with Gasteiger partial charge < -0.3 is 5.11 Å². The van der Waals surface area contributed by atoms with Crippen molar-refractivity contribution in [3.8, 4) is 0 Å². The third kappa shape index (κ3) is 1.85. The summed E-state index contributed by atoms with van der Waals surface area (Å²) in [6.45, 7) is 0. The molecule has 0 aliphatic carbocycles. The van der Waals surface area contributed by atoms with Crippen LogP contribution in [0.25, 0.3) is 10.8 Å². The van der Waals surface area contributed by atoms with Gasteiger partial charge in [-0.05, 0) is 23.1 Å². The topological polar surface area (TPSA) is 46.0 Å². The molecule has 88 valence electrons. The van der Waals surface area contributed by atoms with Crippen molar-refractivity contribution in [3.05, 3.63) is 72.3 Å². The van der Waals surface area contributed by atoms with E-state index >= 15 is 0 Å². The van der Waals surface area contributed by atoms with Gasteiger partial charge >= 0.3 is 0 Å². The minimum Gasteiger partial charge on any atom is -0.384 e. The van der Waals surface area contributed by atoms with Crippen molar-refractivity contribution in [1.29, 1.82) is 0 Å². The normalized spacial score (nSPS) is 12.5. The predicted molar refractivity (Wildman–Crippen MR) is 70.0 cm³/mol. The van der Waals surface area contributed by atoms with Gasteiger partial charge in [-0.3, -0.25) is 9.97 Å². The summed E-state index contributed by atoms with van der Waals surface area (Å²) in [6, 6.07) is 11.5. The van der Waals surface area contributed by atoms with Crippen molar-refractivity contribution in [2.24, 2.45) is 0 Å². The number of pyridine rings is 2. The second-order valence-corrected chi connectivity index (χ2v) is 4.13. The third-order valence-corrected chi connectivity index (χ3v) is 3.02. The quantitative estimate of drug-likeness (QED) is 0.744. The van der Waals surface area contributed by atoms with Crippen LogP contribution >= 0.6 is 0 Å². The van der Waals surface area contributed by atoms with E-state index in [4.69, 9.17) is 0 Å². The zero-order valence-corrected chi connectivity index (χ0v) is 9.69. The zero-order valence-electron chi connectivity index (χ0n) is 9.69. The van der Waals surface area contributed by atoms with Crippen LogP contribution in [-0.4, -0.2) is 15.1 Å². The second-order valence-electron chi connectivity index (χ2n) is 4.13. The molecule has 18 heavy (non-hydrogen) atoms. The van der Waals surface area contributed by atoms with E-state index in [2.05, 4.69) is 9.97 Å². The number of aliphatic hydroxyl groups is 1. The fourth-order valence-electron chi connectivity index (χ4n) is 2.08. The molecule has 0 bridgehead atoms. The average Bonchev–Trinajstić information content (AvgIpc) is 2.47. The molecular formula is C15H12N2O. The van der Waals surface area contributed by atoms with Crippen LogP contribution in [0.2, 0.25) is 0 Å². The summed E-state index contributed by atoms with van der Waals surface area (Å²) in [7, 11) is 0. The maximum absolute atomic E-state index is 10.4. The summed E-state index contributed by atoms with van der Waals surface area (Å²) in [6.07, 6.45) is 6.20. The van der Waals surface area contributed by atoms with Crippen molar-refractivity contribution in [2.45, 2.75) is 6.10 Å². The molecule has 0 fully saturated rings. The van der Waals surface area contributed by atoms with Gasteiger partial charge in [-0.1, -0.05) is 24.3 Å². The summed E-state index contributed by atoms with van der Waals surface area (Å²) in [5.41, 5.74) is 1.64. The maximum Gasteiger partial charge on any atom is 0.106 e. The first-order valence-electron chi connectivity index (χ1n) is 5.77. The maximum atomic E-state index is 10.4. The Morgan fingerprint density at radius 2 is 1.67 bits per heavy atom. The highest BCUT2D eigenvalue weighted by Gasteiger charge is 2.13. The van der Waals surface area contributed by atoms with Crippen molar-refractivity contribution >= 4 is 10.8 Å². The van der Waals surface area contributed by atoms with Gasteiger partial charge in [0.15, 0.2) is 0 Å². The molecule has 2 heterocycles. The Balaban J connectivity index is 2.15. The molecule has 0 spiro atoms. The summed E-state index contributed by atoms with van der Waals surface area (Å²) >= 11 is 0. The Morgan fingerprint density at radius 3 is 2.50 bits per heavy atom. The Morgan fingerprint density at radius 1 is 0.889 bits per heavy atom. The van der Waals surface area contributed by atoms with E-state index in [1.807, 2.05) is 36.4 Å². The lowest BCUT2D eigenvalue weighted by Gasteiger charge is -2.13. The standard InChI is InChI=1S/C15H12N2O/c18-15(11-5-7-16-8-6-11)14-10-17-9-12-3-1-2-4-13(12)14/h1-10,15,18H. The van der Waals surface area contributed by atoms with Gasteiger partial charge in [-0.25, -0.2) is 0 Å². The second kappa shape index (κ2) is 4.55. The molecular weight excluding hydrogens is 224 g/mol. The lowest BCUT2D eigenvalue weighted by molar-refractivity contribution is 0.221. The average molecular weight is 236 g/mol. The molecule has 3 rings (SSSR count). The highest BCUT2D eigenvalue weighted by atomic mass is 16.3. The van der Waals surface area contributed by atoms with E-state index in [9.17, 15) is 5.11 Å². The molecule has 1 unspecified atom stereocenters. The van der Waals surface area contributed by atoms with Crippen molar-refractivity contribution in [2.75, 3.05) is 0 Å². The van der Waals surface area contributed by atoms with E-state index in [-0.39, 0.29) is 0 Å². The Hall–Kier alpha value is -2.26. The smallest absolute Gasteiger partial charge is 0.106 e. The number of fused-ring (bicyclic) bond motifs is 1. The van der Waals surface area contributed by atoms with E-state index < -0.39 is 6.10 Å². The number of aliphatic hydroxyl groups excluding tert-OH is 1. The fraction of sp³-hybridized carbons (Fsp3) is 0.0667. The molecule has 0 saturated carbocycles. The number of benzene rings is 1. The van der Waals surface area contributed by atoms with E-state index in [1.54, 1.807) is 24.8 Å². The van der Waals surface area contributed by atoms with Crippen LogP contribution in [0.1, 0.15) is 17.2 Å².